The Bertz CT molecular complexity index is 725. The van der Waals surface area contributed by atoms with E-state index in [1.807, 2.05) is 0 Å². The van der Waals surface area contributed by atoms with Crippen LogP contribution in [0.1, 0.15) is 0 Å². The molecule has 9 heteroatoms. The number of hydrogen-bond donors (Lipinski definition) is 2. The summed E-state index contributed by atoms with van der Waals surface area (Å²) >= 11 is 9.95. The van der Waals surface area contributed by atoms with Gasteiger partial charge in [0, 0.05) is 6.07 Å². The number of nitrogens with one attached hydrogen (secondary N) is 1. The van der Waals surface area contributed by atoms with Crippen molar-refractivity contribution in [3.05, 3.63) is 33.1 Å². The summed E-state index contributed by atoms with van der Waals surface area (Å²) < 4.78 is 32.2. The lowest BCUT2D eigenvalue weighted by molar-refractivity contribution is 0.413. The highest BCUT2D eigenvalue weighted by Crippen LogP contribution is 2.36. The van der Waals surface area contributed by atoms with Crippen LogP contribution < -0.4 is 9.46 Å². The second-order valence-corrected chi connectivity index (χ2v) is 8.36. The molecule has 2 aromatic rings. The summed E-state index contributed by atoms with van der Waals surface area (Å²) in [6, 6.07) is 5.58. The second-order valence-electron chi connectivity index (χ2n) is 3.68. The van der Waals surface area contributed by atoms with Gasteiger partial charge in [-0.05, 0) is 34.1 Å². The molecule has 108 valence electrons. The molecule has 1 heterocycles. The Kier molecular flexibility index (Phi) is 4.48. The number of phenols is 1. The van der Waals surface area contributed by atoms with Crippen LogP contribution >= 0.6 is 38.9 Å². The highest BCUT2D eigenvalue weighted by Gasteiger charge is 2.20. The minimum atomic E-state index is -3.82. The van der Waals surface area contributed by atoms with Crippen molar-refractivity contribution in [3.63, 3.8) is 0 Å². The fourth-order valence-corrected chi connectivity index (χ4v) is 4.84. The SMILES string of the molecule is COc1ccc(O)c(NS(=O)(=O)c2cc(Cl)c(Br)s2)c1. The van der Waals surface area contributed by atoms with Gasteiger partial charge in [0.05, 0.1) is 21.6 Å². The molecule has 0 aliphatic heterocycles. The van der Waals surface area contributed by atoms with E-state index in [0.717, 1.165) is 11.3 Å². The van der Waals surface area contributed by atoms with Crippen molar-refractivity contribution in [3.8, 4) is 11.5 Å². The van der Waals surface area contributed by atoms with E-state index in [0.29, 0.717) is 14.6 Å². The average molecular weight is 399 g/mol. The lowest BCUT2D eigenvalue weighted by Gasteiger charge is -2.09. The summed E-state index contributed by atoms with van der Waals surface area (Å²) in [4.78, 5) is 0. The molecule has 0 aliphatic carbocycles. The first-order valence-corrected chi connectivity index (χ1v) is 8.65. The molecule has 0 fully saturated rings. The first kappa shape index (κ1) is 15.4. The van der Waals surface area contributed by atoms with Crippen LogP contribution in [-0.4, -0.2) is 20.6 Å². The summed E-state index contributed by atoms with van der Waals surface area (Å²) in [7, 11) is -2.38. The minimum Gasteiger partial charge on any atom is -0.506 e. The third kappa shape index (κ3) is 3.20. The summed E-state index contributed by atoms with van der Waals surface area (Å²) in [6.07, 6.45) is 0. The molecule has 5 nitrogen and oxygen atoms in total. The number of halogens is 2. The van der Waals surface area contributed by atoms with E-state index in [1.165, 1.54) is 31.4 Å². The predicted octanol–water partition coefficient (Wildman–Crippen LogP) is 3.68. The maximum atomic E-state index is 12.2. The topological polar surface area (TPSA) is 75.6 Å². The zero-order valence-corrected chi connectivity index (χ0v) is 14.0. The van der Waals surface area contributed by atoms with Gasteiger partial charge in [0.1, 0.15) is 15.7 Å². The quantitative estimate of drug-likeness (QED) is 0.770. The molecule has 0 atom stereocenters. The molecular formula is C11H9BrClNO4S2. The van der Waals surface area contributed by atoms with Gasteiger partial charge in [-0.1, -0.05) is 11.6 Å². The number of sulfonamides is 1. The van der Waals surface area contributed by atoms with E-state index in [1.54, 1.807) is 0 Å². The zero-order valence-electron chi connectivity index (χ0n) is 10.1. The maximum Gasteiger partial charge on any atom is 0.271 e. The van der Waals surface area contributed by atoms with Crippen molar-refractivity contribution in [1.29, 1.82) is 0 Å². The molecule has 0 aliphatic rings. The fourth-order valence-electron chi connectivity index (χ4n) is 1.38. The summed E-state index contributed by atoms with van der Waals surface area (Å²) in [5.74, 6) is 0.224. The first-order chi connectivity index (χ1) is 9.33. The molecule has 1 aromatic heterocycles. The monoisotopic (exact) mass is 397 g/mol. The van der Waals surface area contributed by atoms with E-state index in [9.17, 15) is 13.5 Å². The first-order valence-electron chi connectivity index (χ1n) is 5.18. The van der Waals surface area contributed by atoms with Gasteiger partial charge in [-0.2, -0.15) is 0 Å². The number of ether oxygens (including phenoxy) is 1. The van der Waals surface area contributed by atoms with Gasteiger partial charge in [0.25, 0.3) is 10.0 Å². The number of rotatable bonds is 4. The highest BCUT2D eigenvalue weighted by molar-refractivity contribution is 9.11. The highest BCUT2D eigenvalue weighted by atomic mass is 79.9. The van der Waals surface area contributed by atoms with Crippen molar-refractivity contribution < 1.29 is 18.3 Å². The van der Waals surface area contributed by atoms with Crippen molar-refractivity contribution in [2.75, 3.05) is 11.8 Å². The molecule has 2 rings (SSSR count). The Morgan fingerprint density at radius 2 is 2.10 bits per heavy atom. The van der Waals surface area contributed by atoms with Crippen LogP contribution in [0.25, 0.3) is 0 Å². The number of thiophene rings is 1. The smallest absolute Gasteiger partial charge is 0.271 e. The molecule has 0 saturated carbocycles. The predicted molar refractivity (Wildman–Crippen MR) is 82.5 cm³/mol. The number of aromatic hydroxyl groups is 1. The number of benzene rings is 1. The van der Waals surface area contributed by atoms with Crippen molar-refractivity contribution in [2.45, 2.75) is 4.21 Å². The van der Waals surface area contributed by atoms with Crippen LogP contribution in [0.3, 0.4) is 0 Å². The van der Waals surface area contributed by atoms with Crippen LogP contribution in [0.15, 0.2) is 32.3 Å². The van der Waals surface area contributed by atoms with Gasteiger partial charge in [0.2, 0.25) is 0 Å². The molecule has 0 unspecified atom stereocenters. The molecule has 0 spiro atoms. The fraction of sp³-hybridized carbons (Fsp3) is 0.0909. The minimum absolute atomic E-state index is 0.0324. The Morgan fingerprint density at radius 3 is 2.65 bits per heavy atom. The van der Waals surface area contributed by atoms with Crippen molar-refractivity contribution in [1.82, 2.24) is 0 Å². The van der Waals surface area contributed by atoms with Crippen molar-refractivity contribution in [2.24, 2.45) is 0 Å². The molecule has 0 bridgehead atoms. The summed E-state index contributed by atoms with van der Waals surface area (Å²) in [5, 5.41) is 10.00. The van der Waals surface area contributed by atoms with Crippen LogP contribution in [0.2, 0.25) is 5.02 Å². The van der Waals surface area contributed by atoms with Gasteiger partial charge >= 0.3 is 0 Å². The van der Waals surface area contributed by atoms with E-state index < -0.39 is 10.0 Å². The Hall–Kier alpha value is -0.960. The van der Waals surface area contributed by atoms with Crippen LogP contribution in [0.4, 0.5) is 5.69 Å². The summed E-state index contributed by atoms with van der Waals surface area (Å²) in [5.41, 5.74) is 0.0324. The number of methoxy groups -OCH3 is 1. The Balaban J connectivity index is 2.37. The molecule has 0 amide bonds. The van der Waals surface area contributed by atoms with Gasteiger partial charge < -0.3 is 9.84 Å². The molecule has 2 N–H and O–H groups in total. The molecule has 20 heavy (non-hydrogen) atoms. The van der Waals surface area contributed by atoms with Crippen LogP contribution in [-0.2, 0) is 10.0 Å². The van der Waals surface area contributed by atoms with Gasteiger partial charge in [-0.25, -0.2) is 8.42 Å². The lowest BCUT2D eigenvalue weighted by atomic mass is 10.3. The zero-order chi connectivity index (χ0) is 14.9. The van der Waals surface area contributed by atoms with Gasteiger partial charge in [-0.15, -0.1) is 11.3 Å². The van der Waals surface area contributed by atoms with E-state index in [2.05, 4.69) is 20.7 Å². The van der Waals surface area contributed by atoms with Crippen LogP contribution in [0, 0.1) is 0 Å². The molecular weight excluding hydrogens is 390 g/mol. The van der Waals surface area contributed by atoms with Gasteiger partial charge in [0.15, 0.2) is 0 Å². The molecule has 0 saturated heterocycles. The standard InChI is InChI=1S/C11H9BrClNO4S2/c1-18-6-2-3-9(15)8(4-6)14-20(16,17)10-5-7(13)11(12)19-10/h2-5,14-15H,1H3. The Morgan fingerprint density at radius 1 is 1.40 bits per heavy atom. The molecule has 1 aromatic carbocycles. The van der Waals surface area contributed by atoms with E-state index >= 15 is 0 Å². The number of hydrogen-bond acceptors (Lipinski definition) is 5. The molecule has 0 radical (unpaired) electrons. The largest absolute Gasteiger partial charge is 0.506 e. The van der Waals surface area contributed by atoms with Crippen molar-refractivity contribution >= 4 is 54.6 Å². The third-order valence-electron chi connectivity index (χ3n) is 2.34. The third-order valence-corrected chi connectivity index (χ3v) is 6.65. The maximum absolute atomic E-state index is 12.2. The Labute approximate surface area is 133 Å². The summed E-state index contributed by atoms with van der Waals surface area (Å²) in [6.45, 7) is 0. The van der Waals surface area contributed by atoms with Gasteiger partial charge in [-0.3, -0.25) is 4.72 Å². The lowest BCUT2D eigenvalue weighted by Crippen LogP contribution is -2.11. The van der Waals surface area contributed by atoms with Crippen LogP contribution in [0.5, 0.6) is 11.5 Å². The average Bonchev–Trinajstić information content (AvgIpc) is 2.73. The second kappa shape index (κ2) is 5.80. The number of phenolic OH excluding ortho intramolecular Hbond substituents is 1. The normalized spacial score (nSPS) is 11.3. The number of anilines is 1. The van der Waals surface area contributed by atoms with E-state index in [4.69, 9.17) is 16.3 Å². The van der Waals surface area contributed by atoms with E-state index in [-0.39, 0.29) is 15.6 Å².